The average molecular weight is 403 g/mol. The third kappa shape index (κ3) is 4.87. The quantitative estimate of drug-likeness (QED) is 0.448. The number of hydrogen-bond acceptors (Lipinski definition) is 2. The second kappa shape index (κ2) is 9.31. The predicted octanol–water partition coefficient (Wildman–Crippen LogP) is 7.84. The van der Waals surface area contributed by atoms with Gasteiger partial charge in [0.25, 0.3) is 0 Å². The Kier molecular flexibility index (Phi) is 6.96. The summed E-state index contributed by atoms with van der Waals surface area (Å²) < 4.78 is 6.07. The third-order valence-electron chi connectivity index (χ3n) is 9.80. The summed E-state index contributed by atoms with van der Waals surface area (Å²) >= 11 is 0. The minimum absolute atomic E-state index is 0.161. The Bertz CT molecular complexity index is 535. The molecule has 0 N–H and O–H groups in total. The van der Waals surface area contributed by atoms with E-state index in [1.54, 1.807) is 0 Å². The van der Waals surface area contributed by atoms with Crippen LogP contribution in [0.25, 0.3) is 0 Å². The lowest BCUT2D eigenvalue weighted by atomic mass is 9.50. The molecule has 0 aromatic heterocycles. The van der Waals surface area contributed by atoms with E-state index in [2.05, 4.69) is 13.8 Å². The molecule has 4 rings (SSSR count). The van der Waals surface area contributed by atoms with Crippen LogP contribution >= 0.6 is 0 Å². The van der Waals surface area contributed by atoms with Crippen LogP contribution in [-0.4, -0.2) is 12.1 Å². The number of hydrogen-bond donors (Lipinski definition) is 0. The molecule has 0 spiro atoms. The molecule has 2 nitrogen and oxygen atoms in total. The van der Waals surface area contributed by atoms with Crippen molar-refractivity contribution in [3.8, 4) is 0 Å². The van der Waals surface area contributed by atoms with Crippen molar-refractivity contribution in [2.75, 3.05) is 0 Å². The van der Waals surface area contributed by atoms with Crippen molar-refractivity contribution in [3.05, 3.63) is 0 Å². The zero-order chi connectivity index (χ0) is 20.3. The maximum absolute atomic E-state index is 13.1. The SMILES string of the molecule is CC1(C2CCC(C(=O)OC3CCCCC3)CC2C2(C)CCCCC2)CCCCC1. The van der Waals surface area contributed by atoms with Gasteiger partial charge in [-0.2, -0.15) is 0 Å². The summed E-state index contributed by atoms with van der Waals surface area (Å²) in [6.07, 6.45) is 23.8. The van der Waals surface area contributed by atoms with Gasteiger partial charge in [0, 0.05) is 0 Å². The monoisotopic (exact) mass is 402 g/mol. The van der Waals surface area contributed by atoms with Gasteiger partial charge in [0.15, 0.2) is 0 Å². The Morgan fingerprint density at radius 3 is 1.76 bits per heavy atom. The number of carbonyl (C=O) groups excluding carboxylic acids is 1. The zero-order valence-electron chi connectivity index (χ0n) is 19.4. The molecule has 4 aliphatic carbocycles. The topological polar surface area (TPSA) is 26.3 Å². The molecule has 0 radical (unpaired) electrons. The fourth-order valence-electron chi connectivity index (χ4n) is 7.89. The minimum Gasteiger partial charge on any atom is -0.462 e. The molecule has 166 valence electrons. The summed E-state index contributed by atoms with van der Waals surface area (Å²) in [6.45, 7) is 5.20. The molecular weight excluding hydrogens is 356 g/mol. The lowest BCUT2D eigenvalue weighted by Gasteiger charge is -2.55. The van der Waals surface area contributed by atoms with Gasteiger partial charge in [-0.3, -0.25) is 4.79 Å². The highest BCUT2D eigenvalue weighted by atomic mass is 16.5. The van der Waals surface area contributed by atoms with E-state index < -0.39 is 0 Å². The van der Waals surface area contributed by atoms with Crippen molar-refractivity contribution in [3.63, 3.8) is 0 Å². The number of carbonyl (C=O) groups is 1. The minimum atomic E-state index is 0.161. The Labute approximate surface area is 179 Å². The summed E-state index contributed by atoms with van der Waals surface area (Å²) in [4.78, 5) is 13.1. The second-order valence-electron chi connectivity index (χ2n) is 11.8. The Morgan fingerprint density at radius 2 is 1.17 bits per heavy atom. The highest BCUT2D eigenvalue weighted by Gasteiger charge is 2.50. The lowest BCUT2D eigenvalue weighted by Crippen LogP contribution is -2.47. The van der Waals surface area contributed by atoms with Crippen molar-refractivity contribution in [2.24, 2.45) is 28.6 Å². The Morgan fingerprint density at radius 1 is 0.655 bits per heavy atom. The van der Waals surface area contributed by atoms with Crippen LogP contribution in [0.2, 0.25) is 0 Å². The van der Waals surface area contributed by atoms with Crippen molar-refractivity contribution in [1.29, 1.82) is 0 Å². The van der Waals surface area contributed by atoms with Crippen molar-refractivity contribution in [1.82, 2.24) is 0 Å². The molecule has 0 bridgehead atoms. The summed E-state index contributed by atoms with van der Waals surface area (Å²) in [6, 6.07) is 0. The summed E-state index contributed by atoms with van der Waals surface area (Å²) in [5.74, 6) is 1.88. The smallest absolute Gasteiger partial charge is 0.309 e. The maximum Gasteiger partial charge on any atom is 0.309 e. The van der Waals surface area contributed by atoms with Crippen LogP contribution in [0, 0.1) is 28.6 Å². The van der Waals surface area contributed by atoms with E-state index in [-0.39, 0.29) is 18.0 Å². The van der Waals surface area contributed by atoms with E-state index in [1.807, 2.05) is 0 Å². The molecule has 3 unspecified atom stereocenters. The van der Waals surface area contributed by atoms with Gasteiger partial charge in [-0.15, -0.1) is 0 Å². The molecule has 0 aromatic rings. The lowest BCUT2D eigenvalue weighted by molar-refractivity contribution is -0.160. The normalized spacial score (nSPS) is 35.7. The Hall–Kier alpha value is -0.530. The molecule has 4 saturated carbocycles. The van der Waals surface area contributed by atoms with Crippen LogP contribution in [0.3, 0.4) is 0 Å². The predicted molar refractivity (Wildman–Crippen MR) is 120 cm³/mol. The van der Waals surface area contributed by atoms with E-state index in [0.717, 1.165) is 37.5 Å². The fraction of sp³-hybridized carbons (Fsp3) is 0.963. The summed E-state index contributed by atoms with van der Waals surface area (Å²) in [5.41, 5.74) is 0.967. The first-order valence-electron chi connectivity index (χ1n) is 13.2. The molecule has 0 aromatic carbocycles. The van der Waals surface area contributed by atoms with Gasteiger partial charge in [-0.05, 0) is 93.3 Å². The average Bonchev–Trinajstić information content (AvgIpc) is 2.75. The van der Waals surface area contributed by atoms with Crippen LogP contribution in [-0.2, 0) is 9.53 Å². The molecule has 0 saturated heterocycles. The standard InChI is InChI=1S/C27H46O2/c1-26(16-8-4-9-17-26)23-15-14-21(25(28)29-22-12-6-3-7-13-22)20-24(23)27(2)18-10-5-11-19-27/h21-24H,3-20H2,1-2H3. The highest BCUT2D eigenvalue weighted by molar-refractivity contribution is 5.72. The molecule has 29 heavy (non-hydrogen) atoms. The molecule has 4 fully saturated rings. The first-order chi connectivity index (χ1) is 14.0. The van der Waals surface area contributed by atoms with Gasteiger partial charge in [0.1, 0.15) is 6.10 Å². The second-order valence-corrected chi connectivity index (χ2v) is 11.8. The summed E-state index contributed by atoms with van der Waals surface area (Å²) in [5, 5.41) is 0. The van der Waals surface area contributed by atoms with Crippen LogP contribution in [0.4, 0.5) is 0 Å². The first-order valence-corrected chi connectivity index (χ1v) is 13.2. The maximum atomic E-state index is 13.1. The first kappa shape index (κ1) is 21.7. The molecule has 0 heterocycles. The van der Waals surface area contributed by atoms with E-state index in [9.17, 15) is 4.79 Å². The molecule has 2 heteroatoms. The van der Waals surface area contributed by atoms with Crippen LogP contribution < -0.4 is 0 Å². The number of ether oxygens (including phenoxy) is 1. The largest absolute Gasteiger partial charge is 0.462 e. The zero-order valence-corrected chi connectivity index (χ0v) is 19.4. The molecule has 0 aliphatic heterocycles. The van der Waals surface area contributed by atoms with Gasteiger partial charge in [0.2, 0.25) is 0 Å². The van der Waals surface area contributed by atoms with Gasteiger partial charge >= 0.3 is 5.97 Å². The van der Waals surface area contributed by atoms with Gasteiger partial charge < -0.3 is 4.74 Å². The van der Waals surface area contributed by atoms with Gasteiger partial charge in [0.05, 0.1) is 5.92 Å². The van der Waals surface area contributed by atoms with Gasteiger partial charge in [-0.1, -0.05) is 58.8 Å². The van der Waals surface area contributed by atoms with Crippen LogP contribution in [0.1, 0.15) is 129 Å². The van der Waals surface area contributed by atoms with Crippen LogP contribution in [0.15, 0.2) is 0 Å². The van der Waals surface area contributed by atoms with Crippen molar-refractivity contribution >= 4 is 5.97 Å². The molecule has 0 amide bonds. The number of rotatable bonds is 4. The molecule has 4 aliphatic rings. The van der Waals surface area contributed by atoms with Crippen LogP contribution in [0.5, 0.6) is 0 Å². The number of esters is 1. The molecule has 3 atom stereocenters. The summed E-state index contributed by atoms with van der Waals surface area (Å²) in [7, 11) is 0. The fourth-order valence-corrected chi connectivity index (χ4v) is 7.89. The van der Waals surface area contributed by atoms with E-state index in [1.165, 1.54) is 89.9 Å². The highest BCUT2D eigenvalue weighted by Crippen LogP contribution is 2.58. The Balaban J connectivity index is 1.48. The van der Waals surface area contributed by atoms with E-state index in [4.69, 9.17) is 4.74 Å². The third-order valence-corrected chi connectivity index (χ3v) is 9.80. The van der Waals surface area contributed by atoms with E-state index in [0.29, 0.717) is 10.8 Å². The van der Waals surface area contributed by atoms with Crippen molar-refractivity contribution in [2.45, 2.75) is 136 Å². The van der Waals surface area contributed by atoms with Crippen molar-refractivity contribution < 1.29 is 9.53 Å². The van der Waals surface area contributed by atoms with E-state index >= 15 is 0 Å². The molecular formula is C27H46O2. The van der Waals surface area contributed by atoms with Gasteiger partial charge in [-0.25, -0.2) is 0 Å².